The van der Waals surface area contributed by atoms with Gasteiger partial charge in [-0.05, 0) is 119 Å². The van der Waals surface area contributed by atoms with Crippen molar-refractivity contribution >= 4 is 62.7 Å². The fraction of sp³-hybridized carbons (Fsp3) is 0.373. The minimum Gasteiger partial charge on any atom is -0.465 e. The van der Waals surface area contributed by atoms with E-state index >= 15 is 0 Å². The maximum atomic E-state index is 13.2. The van der Waals surface area contributed by atoms with Gasteiger partial charge in [-0.3, -0.25) is 18.6 Å². The number of hydrogen-bond donors (Lipinski definition) is 1. The predicted molar refractivity (Wildman–Crippen MR) is 264 cm³/mol. The molecule has 15 nitrogen and oxygen atoms in total. The molecule has 0 aliphatic heterocycles. The maximum absolute atomic E-state index is 13.2. The van der Waals surface area contributed by atoms with E-state index < -0.39 is 80.2 Å². The Bertz CT molecular complexity index is 3090. The number of nitrogens with zero attached hydrogens (tertiary/aromatic N) is 6. The summed E-state index contributed by atoms with van der Waals surface area (Å²) in [4.78, 5) is 60.6. The highest BCUT2D eigenvalue weighted by atomic mass is 79.9. The van der Waals surface area contributed by atoms with Crippen molar-refractivity contribution in [3.63, 3.8) is 0 Å². The lowest BCUT2D eigenvalue weighted by atomic mass is 10.0. The number of aromatic nitrogens is 4. The van der Waals surface area contributed by atoms with E-state index in [9.17, 15) is 50.6 Å². The Morgan fingerprint density at radius 2 is 1.07 bits per heavy atom. The van der Waals surface area contributed by atoms with E-state index in [-0.39, 0.29) is 22.7 Å². The van der Waals surface area contributed by atoms with Crippen LogP contribution in [0.25, 0.3) is 33.8 Å². The van der Waals surface area contributed by atoms with Gasteiger partial charge in [-0.1, -0.05) is 24.0 Å². The highest BCUT2D eigenvalue weighted by Gasteiger charge is 2.35. The van der Waals surface area contributed by atoms with Crippen molar-refractivity contribution in [2.75, 3.05) is 43.7 Å². The number of benzene rings is 2. The molecule has 0 unspecified atom stereocenters. The summed E-state index contributed by atoms with van der Waals surface area (Å²) >= 11 is 3.39. The fourth-order valence-electron chi connectivity index (χ4n) is 7.20. The molecule has 0 bridgehead atoms. The minimum absolute atomic E-state index is 0.0578. The Balaban J connectivity index is 0.000000272. The largest absolute Gasteiger partial charge is 0.465 e. The van der Waals surface area contributed by atoms with Gasteiger partial charge in [-0.15, -0.1) is 0 Å². The van der Waals surface area contributed by atoms with Gasteiger partial charge in [0.25, 0.3) is 0 Å². The minimum atomic E-state index is -4.52. The Hall–Kier alpha value is -7.12. The standard InChI is InChI=1S/C27H28F3N3O5.C24H25BrF3N3O4/c1-17-13-19(8-9-20(17)24(35)37-5)22-15-31-23-21(14-18(7-6-12-34)16-33(22)23)32(11-10-27(28,29)30)25(36)38-26(2,3)4;1-14-10-15(6-7-17(14)21(32)34-5)19-12-29-20-18(11-16(25)13-31(19)20)30(9-8-24(26,27)28)22(33)35-23(2,3)4/h8-9,13-16,34H,10-12H2,1-5H3;6-7,10-13H,8-9H2,1-5H3. The van der Waals surface area contributed by atoms with Crippen LogP contribution in [0.4, 0.5) is 47.3 Å². The molecule has 390 valence electrons. The van der Waals surface area contributed by atoms with E-state index in [1.54, 1.807) is 119 Å². The number of esters is 2. The number of pyridine rings is 2. The highest BCUT2D eigenvalue weighted by molar-refractivity contribution is 9.10. The van der Waals surface area contributed by atoms with Crippen LogP contribution in [0.1, 0.15) is 91.8 Å². The number of carbonyl (C=O) groups excluding carboxylic acids is 4. The number of hydrogen-bond acceptors (Lipinski definition) is 11. The molecular weight excluding hydrogens is 1030 g/mol. The Morgan fingerprint density at radius 1 is 0.658 bits per heavy atom. The average molecular weight is 1090 g/mol. The van der Waals surface area contributed by atoms with Gasteiger partial charge in [-0.25, -0.2) is 29.1 Å². The molecule has 0 fully saturated rings. The van der Waals surface area contributed by atoms with Crippen LogP contribution in [0.5, 0.6) is 0 Å². The third-order valence-electron chi connectivity index (χ3n) is 10.4. The van der Waals surface area contributed by atoms with Crippen LogP contribution < -0.4 is 9.80 Å². The fourth-order valence-corrected chi connectivity index (χ4v) is 7.62. The molecule has 0 spiro atoms. The summed E-state index contributed by atoms with van der Waals surface area (Å²) in [6.07, 6.45) is -7.01. The molecule has 2 amide bonds. The zero-order valence-corrected chi connectivity index (χ0v) is 43.1. The Morgan fingerprint density at radius 3 is 1.44 bits per heavy atom. The molecule has 22 heteroatoms. The van der Waals surface area contributed by atoms with E-state index in [1.807, 2.05) is 0 Å². The molecule has 0 radical (unpaired) electrons. The molecule has 2 aromatic carbocycles. The van der Waals surface area contributed by atoms with Gasteiger partial charge in [0.15, 0.2) is 11.3 Å². The Kier molecular flexibility index (Phi) is 17.7. The van der Waals surface area contributed by atoms with E-state index in [1.165, 1.54) is 32.5 Å². The summed E-state index contributed by atoms with van der Waals surface area (Å²) in [5.41, 5.74) is 3.76. The molecule has 0 atom stereocenters. The second-order valence-corrected chi connectivity index (χ2v) is 19.2. The van der Waals surface area contributed by atoms with Crippen LogP contribution in [0.15, 0.2) is 77.8 Å². The number of amides is 2. The number of rotatable bonds is 10. The summed E-state index contributed by atoms with van der Waals surface area (Å²) in [6.45, 7) is 11.5. The molecule has 0 saturated heterocycles. The van der Waals surface area contributed by atoms with Gasteiger partial charge in [0, 0.05) is 46.6 Å². The molecule has 0 aliphatic rings. The lowest BCUT2D eigenvalue weighted by molar-refractivity contribution is -0.133. The highest BCUT2D eigenvalue weighted by Crippen LogP contribution is 2.35. The van der Waals surface area contributed by atoms with Gasteiger partial charge in [0.05, 0.1) is 73.3 Å². The van der Waals surface area contributed by atoms with Gasteiger partial charge in [0.2, 0.25) is 0 Å². The lowest BCUT2D eigenvalue weighted by Crippen LogP contribution is -2.39. The molecule has 6 rings (SSSR count). The maximum Gasteiger partial charge on any atom is 0.414 e. The first-order valence-electron chi connectivity index (χ1n) is 22.2. The second-order valence-electron chi connectivity index (χ2n) is 18.3. The van der Waals surface area contributed by atoms with Crippen molar-refractivity contribution in [2.24, 2.45) is 0 Å². The summed E-state index contributed by atoms with van der Waals surface area (Å²) in [5.74, 6) is 4.30. The van der Waals surface area contributed by atoms with E-state index in [0.717, 1.165) is 9.80 Å². The predicted octanol–water partition coefficient (Wildman–Crippen LogP) is 11.7. The van der Waals surface area contributed by atoms with Crippen molar-refractivity contribution in [3.8, 4) is 34.4 Å². The number of anilines is 2. The summed E-state index contributed by atoms with van der Waals surface area (Å²) < 4.78 is 103. The van der Waals surface area contributed by atoms with Crippen LogP contribution >= 0.6 is 15.9 Å². The quantitative estimate of drug-likeness (QED) is 0.0600. The Labute approximate surface area is 425 Å². The average Bonchev–Trinajstić information content (AvgIpc) is 3.91. The number of imidazole rings is 2. The smallest absolute Gasteiger partial charge is 0.414 e. The van der Waals surface area contributed by atoms with Crippen LogP contribution in [0, 0.1) is 25.7 Å². The molecule has 1 N–H and O–H groups in total. The molecular formula is C51H53BrF6N6O9. The van der Waals surface area contributed by atoms with Gasteiger partial charge in [0.1, 0.15) is 17.8 Å². The van der Waals surface area contributed by atoms with Crippen molar-refractivity contribution in [1.82, 2.24) is 18.8 Å². The van der Waals surface area contributed by atoms with Crippen LogP contribution in [-0.4, -0.2) is 105 Å². The second kappa shape index (κ2) is 22.7. The first kappa shape index (κ1) is 56.8. The molecule has 4 heterocycles. The topological polar surface area (TPSA) is 167 Å². The van der Waals surface area contributed by atoms with Gasteiger partial charge < -0.3 is 24.1 Å². The zero-order valence-electron chi connectivity index (χ0n) is 41.5. The number of fused-ring (bicyclic) bond motifs is 2. The monoisotopic (exact) mass is 1090 g/mol. The third kappa shape index (κ3) is 15.0. The zero-order chi connectivity index (χ0) is 54.4. The van der Waals surface area contributed by atoms with Gasteiger partial charge in [-0.2, -0.15) is 26.3 Å². The van der Waals surface area contributed by atoms with Crippen molar-refractivity contribution in [3.05, 3.63) is 106 Å². The summed E-state index contributed by atoms with van der Waals surface area (Å²) in [5, 5.41) is 9.18. The number of aryl methyl sites for hydroxylation is 2. The summed E-state index contributed by atoms with van der Waals surface area (Å²) in [7, 11) is 2.58. The van der Waals surface area contributed by atoms with Crippen LogP contribution in [0.2, 0.25) is 0 Å². The molecule has 4 aromatic heterocycles. The number of alkyl halides is 6. The number of methoxy groups -OCH3 is 2. The van der Waals surface area contributed by atoms with Crippen molar-refractivity contribution in [2.45, 2.75) is 91.8 Å². The van der Waals surface area contributed by atoms with Crippen LogP contribution in [-0.2, 0) is 18.9 Å². The van der Waals surface area contributed by atoms with E-state index in [0.29, 0.717) is 54.8 Å². The number of halogens is 7. The number of ether oxygens (including phenoxy) is 4. The van der Waals surface area contributed by atoms with Crippen LogP contribution in [0.3, 0.4) is 0 Å². The molecule has 0 saturated carbocycles. The summed E-state index contributed by atoms with van der Waals surface area (Å²) in [6, 6.07) is 13.1. The normalized spacial score (nSPS) is 11.8. The third-order valence-corrected chi connectivity index (χ3v) is 10.8. The molecule has 6 aromatic rings. The van der Waals surface area contributed by atoms with Crippen molar-refractivity contribution in [1.29, 1.82) is 0 Å². The molecule has 73 heavy (non-hydrogen) atoms. The SMILES string of the molecule is COC(=O)c1ccc(-c2cnc3c(N(CCC(F)(F)F)C(=O)OC(C)(C)C)cc(Br)cn23)cc1C.COC(=O)c1ccc(-c2cnc3c(N(CCC(F)(F)F)C(=O)OC(C)(C)C)cc(C#CCO)cn23)cc1C. The lowest BCUT2D eigenvalue weighted by Gasteiger charge is -2.28. The first-order valence-corrected chi connectivity index (χ1v) is 23.0. The van der Waals surface area contributed by atoms with E-state index in [4.69, 9.17) is 18.9 Å². The van der Waals surface area contributed by atoms with Crippen molar-refractivity contribution < 1.29 is 69.6 Å². The molecule has 0 aliphatic carbocycles. The number of aliphatic hydroxyl groups is 1. The van der Waals surface area contributed by atoms with E-state index in [2.05, 4.69) is 37.7 Å². The van der Waals surface area contributed by atoms with Gasteiger partial charge >= 0.3 is 36.5 Å². The number of aliphatic hydroxyl groups excluding tert-OH is 1. The first-order chi connectivity index (χ1) is 33.9. The number of carbonyl (C=O) groups is 4.